The van der Waals surface area contributed by atoms with Gasteiger partial charge < -0.3 is 19.7 Å². The Kier molecular flexibility index (Phi) is 8.30. The third-order valence-electron chi connectivity index (χ3n) is 8.04. The first kappa shape index (κ1) is 26.4. The van der Waals surface area contributed by atoms with Gasteiger partial charge in [-0.2, -0.15) is 0 Å². The van der Waals surface area contributed by atoms with E-state index in [-0.39, 0.29) is 18.2 Å². The molecule has 1 heterocycles. The van der Waals surface area contributed by atoms with Gasteiger partial charge >= 0.3 is 0 Å². The number of nitrogens with one attached hydrogen (secondary N) is 1. The molecule has 0 aromatic heterocycles. The van der Waals surface area contributed by atoms with Crippen molar-refractivity contribution in [1.29, 1.82) is 0 Å². The van der Waals surface area contributed by atoms with Crippen molar-refractivity contribution in [2.75, 3.05) is 33.4 Å². The molecule has 2 aliphatic carbocycles. The lowest BCUT2D eigenvalue weighted by Crippen LogP contribution is -2.38. The number of amides is 2. The lowest BCUT2D eigenvalue weighted by Gasteiger charge is -2.32. The van der Waals surface area contributed by atoms with E-state index >= 15 is 0 Å². The zero-order valence-electron chi connectivity index (χ0n) is 21.2. The fourth-order valence-electron chi connectivity index (χ4n) is 5.77. The summed E-state index contributed by atoms with van der Waals surface area (Å²) in [4.78, 5) is 28.2. The largest absolute Gasteiger partial charge is 0.493 e. The molecule has 2 aromatic carbocycles. The Hall–Kier alpha value is -2.25. The SMILES string of the molecule is COc1ccc(C(=O)N2C[C@H]3CCC[C@H](CNC(=O)Cc4cc(Cl)ccc4Br)[C@H]3C2)cc1OCC1CC1. The zero-order valence-corrected chi connectivity index (χ0v) is 23.5. The van der Waals surface area contributed by atoms with Crippen LogP contribution < -0.4 is 14.8 Å². The second-order valence-electron chi connectivity index (χ2n) is 10.7. The van der Waals surface area contributed by atoms with Crippen molar-refractivity contribution >= 4 is 39.3 Å². The van der Waals surface area contributed by atoms with Crippen LogP contribution in [0.5, 0.6) is 11.5 Å². The standard InChI is InChI=1S/C29H34BrClN2O4/c1-36-26-10-7-19(12-27(26)37-17-18-5-6-18)29(35)33-15-21-4-2-3-20(24(21)16-33)14-32-28(34)13-22-11-23(31)8-9-25(22)30/h7-12,18,20-21,24H,2-6,13-17H2,1H3,(H,32,34)/t20-,21-,24-/m1/s1. The van der Waals surface area contributed by atoms with Gasteiger partial charge in [0.2, 0.25) is 5.91 Å². The van der Waals surface area contributed by atoms with Crippen LogP contribution in [-0.2, 0) is 11.2 Å². The molecule has 5 rings (SSSR count). The number of rotatable bonds is 9. The van der Waals surface area contributed by atoms with Gasteiger partial charge in [0.15, 0.2) is 11.5 Å². The number of benzene rings is 2. The van der Waals surface area contributed by atoms with Crippen LogP contribution in [0.15, 0.2) is 40.9 Å². The van der Waals surface area contributed by atoms with E-state index in [4.69, 9.17) is 21.1 Å². The topological polar surface area (TPSA) is 67.9 Å². The predicted molar refractivity (Wildman–Crippen MR) is 147 cm³/mol. The summed E-state index contributed by atoms with van der Waals surface area (Å²) in [6.45, 7) is 2.81. The highest BCUT2D eigenvalue weighted by atomic mass is 79.9. The Balaban J connectivity index is 1.19. The van der Waals surface area contributed by atoms with Crippen LogP contribution >= 0.6 is 27.5 Å². The molecule has 8 heteroatoms. The molecule has 37 heavy (non-hydrogen) atoms. The van der Waals surface area contributed by atoms with Gasteiger partial charge in [0.05, 0.1) is 20.1 Å². The summed E-state index contributed by atoms with van der Waals surface area (Å²) >= 11 is 9.60. The molecule has 0 radical (unpaired) electrons. The number of hydrogen-bond acceptors (Lipinski definition) is 4. The zero-order chi connectivity index (χ0) is 25.9. The van der Waals surface area contributed by atoms with Crippen molar-refractivity contribution in [3.8, 4) is 11.5 Å². The third kappa shape index (κ3) is 6.43. The number of likely N-dealkylation sites (tertiary alicyclic amines) is 1. The maximum Gasteiger partial charge on any atom is 0.254 e. The first-order valence-electron chi connectivity index (χ1n) is 13.2. The molecule has 6 nitrogen and oxygen atoms in total. The lowest BCUT2D eigenvalue weighted by atomic mass is 9.74. The fraction of sp³-hybridized carbons (Fsp3) is 0.517. The number of halogens is 2. The highest BCUT2D eigenvalue weighted by Crippen LogP contribution is 2.41. The van der Waals surface area contributed by atoms with Crippen LogP contribution in [0.4, 0.5) is 0 Å². The number of nitrogens with zero attached hydrogens (tertiary/aromatic N) is 1. The van der Waals surface area contributed by atoms with E-state index in [0.717, 1.165) is 42.4 Å². The highest BCUT2D eigenvalue weighted by molar-refractivity contribution is 9.10. The number of methoxy groups -OCH3 is 1. The molecule has 0 unspecified atom stereocenters. The van der Waals surface area contributed by atoms with Gasteiger partial charge in [-0.05, 0) is 91.3 Å². The second-order valence-corrected chi connectivity index (χ2v) is 12.0. The van der Waals surface area contributed by atoms with Crippen LogP contribution in [0.3, 0.4) is 0 Å². The average Bonchev–Trinajstić information content (AvgIpc) is 3.63. The Bertz CT molecular complexity index is 1150. The summed E-state index contributed by atoms with van der Waals surface area (Å²) in [7, 11) is 1.62. The monoisotopic (exact) mass is 588 g/mol. The summed E-state index contributed by atoms with van der Waals surface area (Å²) in [5.74, 6) is 3.21. The predicted octanol–water partition coefficient (Wildman–Crippen LogP) is 5.75. The van der Waals surface area contributed by atoms with Crippen LogP contribution in [-0.4, -0.2) is 50.1 Å². The molecule has 1 N–H and O–H groups in total. The van der Waals surface area contributed by atoms with Crippen molar-refractivity contribution in [2.24, 2.45) is 23.7 Å². The van der Waals surface area contributed by atoms with Gasteiger partial charge in [0, 0.05) is 34.7 Å². The van der Waals surface area contributed by atoms with Gasteiger partial charge in [0.25, 0.3) is 5.91 Å². The Labute approximate surface area is 232 Å². The number of fused-ring (bicyclic) bond motifs is 1. The van der Waals surface area contributed by atoms with Gasteiger partial charge in [-0.15, -0.1) is 0 Å². The molecule has 198 valence electrons. The highest BCUT2D eigenvalue weighted by Gasteiger charge is 2.42. The summed E-state index contributed by atoms with van der Waals surface area (Å²) in [6, 6.07) is 11.0. The quantitative estimate of drug-likeness (QED) is 0.405. The maximum absolute atomic E-state index is 13.5. The van der Waals surface area contributed by atoms with E-state index in [9.17, 15) is 9.59 Å². The maximum atomic E-state index is 13.5. The molecule has 1 saturated heterocycles. The minimum Gasteiger partial charge on any atom is -0.493 e. The molecular formula is C29H34BrClN2O4. The van der Waals surface area contributed by atoms with E-state index in [1.807, 2.05) is 35.2 Å². The number of ether oxygens (including phenoxy) is 2. The van der Waals surface area contributed by atoms with Crippen LogP contribution in [0.2, 0.25) is 5.02 Å². The normalized spacial score (nSPS) is 22.9. The van der Waals surface area contributed by atoms with E-state index in [1.165, 1.54) is 12.8 Å². The molecule has 3 fully saturated rings. The molecular weight excluding hydrogens is 556 g/mol. The Morgan fingerprint density at radius 1 is 1.08 bits per heavy atom. The molecule has 1 aliphatic heterocycles. The number of carbonyl (C=O) groups excluding carboxylic acids is 2. The molecule has 0 bridgehead atoms. The minimum atomic E-state index is -0.00650. The molecule has 2 aromatic rings. The van der Waals surface area contributed by atoms with Gasteiger partial charge in [-0.1, -0.05) is 34.0 Å². The van der Waals surface area contributed by atoms with E-state index in [2.05, 4.69) is 21.2 Å². The van der Waals surface area contributed by atoms with Crippen LogP contribution in [0.25, 0.3) is 0 Å². The third-order valence-corrected chi connectivity index (χ3v) is 9.05. The summed E-state index contributed by atoms with van der Waals surface area (Å²) in [5.41, 5.74) is 1.52. The van der Waals surface area contributed by atoms with E-state index in [0.29, 0.717) is 58.9 Å². The Morgan fingerprint density at radius 3 is 2.70 bits per heavy atom. The van der Waals surface area contributed by atoms with Crippen molar-refractivity contribution in [3.63, 3.8) is 0 Å². The van der Waals surface area contributed by atoms with Crippen molar-refractivity contribution in [1.82, 2.24) is 10.2 Å². The molecule has 2 saturated carbocycles. The van der Waals surface area contributed by atoms with E-state index in [1.54, 1.807) is 13.2 Å². The molecule has 0 spiro atoms. The summed E-state index contributed by atoms with van der Waals surface area (Å²) < 4.78 is 12.3. The lowest BCUT2D eigenvalue weighted by molar-refractivity contribution is -0.120. The van der Waals surface area contributed by atoms with E-state index < -0.39 is 0 Å². The van der Waals surface area contributed by atoms with Crippen molar-refractivity contribution < 1.29 is 19.1 Å². The first-order chi connectivity index (χ1) is 17.9. The summed E-state index contributed by atoms with van der Waals surface area (Å²) in [6.07, 6.45) is 6.04. The summed E-state index contributed by atoms with van der Waals surface area (Å²) in [5, 5.41) is 3.77. The smallest absolute Gasteiger partial charge is 0.254 e. The van der Waals surface area contributed by atoms with Crippen LogP contribution in [0, 0.1) is 23.7 Å². The first-order valence-corrected chi connectivity index (χ1v) is 14.4. The van der Waals surface area contributed by atoms with Gasteiger partial charge in [-0.25, -0.2) is 0 Å². The van der Waals surface area contributed by atoms with Crippen LogP contribution in [0.1, 0.15) is 48.0 Å². The Morgan fingerprint density at radius 2 is 1.92 bits per heavy atom. The number of carbonyl (C=O) groups is 2. The molecule has 2 amide bonds. The van der Waals surface area contributed by atoms with Crippen molar-refractivity contribution in [3.05, 3.63) is 57.0 Å². The second kappa shape index (κ2) is 11.6. The fourth-order valence-corrected chi connectivity index (χ4v) is 6.35. The van der Waals surface area contributed by atoms with Gasteiger partial charge in [-0.3, -0.25) is 9.59 Å². The minimum absolute atomic E-state index is 0.00650. The van der Waals surface area contributed by atoms with Gasteiger partial charge in [0.1, 0.15) is 0 Å². The molecule has 3 atom stereocenters. The average molecular weight is 590 g/mol. The number of hydrogen-bond donors (Lipinski definition) is 1. The molecule has 3 aliphatic rings. The van der Waals surface area contributed by atoms with Crippen molar-refractivity contribution in [2.45, 2.75) is 38.5 Å².